The number of nitrogens with zero attached hydrogens (tertiary/aromatic N) is 4. The molecule has 1 aliphatic rings. The second-order valence-electron chi connectivity index (χ2n) is 6.42. The summed E-state index contributed by atoms with van der Waals surface area (Å²) in [6, 6.07) is 10.0. The van der Waals surface area contributed by atoms with Gasteiger partial charge in [-0.3, -0.25) is 0 Å². The summed E-state index contributed by atoms with van der Waals surface area (Å²) in [5.41, 5.74) is 2.89. The Morgan fingerprint density at radius 1 is 1.28 bits per heavy atom. The van der Waals surface area contributed by atoms with E-state index in [0.29, 0.717) is 12.5 Å². The molecule has 0 saturated carbocycles. The zero-order valence-electron chi connectivity index (χ0n) is 14.2. The number of hydrogen-bond donors (Lipinski definition) is 3. The van der Waals surface area contributed by atoms with E-state index < -0.39 is 0 Å². The lowest BCUT2D eigenvalue weighted by Crippen LogP contribution is -2.33. The van der Waals surface area contributed by atoms with Crippen molar-refractivity contribution >= 4 is 22.8 Å². The van der Waals surface area contributed by atoms with Crippen molar-refractivity contribution in [3.63, 3.8) is 0 Å². The SMILES string of the molecule is Cc1cc(NCc2nc3ccccc3[nH]2)nc(N2CCCC2CO)n1. The molecule has 130 valence electrons. The molecule has 3 heterocycles. The smallest absolute Gasteiger partial charge is 0.227 e. The van der Waals surface area contributed by atoms with E-state index in [1.807, 2.05) is 37.3 Å². The number of aromatic amines is 1. The maximum atomic E-state index is 9.53. The van der Waals surface area contributed by atoms with E-state index >= 15 is 0 Å². The molecule has 0 spiro atoms. The van der Waals surface area contributed by atoms with Crippen molar-refractivity contribution in [3.8, 4) is 0 Å². The zero-order chi connectivity index (χ0) is 17.2. The van der Waals surface area contributed by atoms with Gasteiger partial charge < -0.3 is 20.3 Å². The van der Waals surface area contributed by atoms with Crippen molar-refractivity contribution < 1.29 is 5.11 Å². The van der Waals surface area contributed by atoms with Crippen LogP contribution in [0.3, 0.4) is 0 Å². The summed E-state index contributed by atoms with van der Waals surface area (Å²) in [7, 11) is 0. The summed E-state index contributed by atoms with van der Waals surface area (Å²) in [5.74, 6) is 2.32. The molecule has 0 radical (unpaired) electrons. The van der Waals surface area contributed by atoms with Gasteiger partial charge >= 0.3 is 0 Å². The molecule has 1 aromatic carbocycles. The van der Waals surface area contributed by atoms with Gasteiger partial charge in [0.1, 0.15) is 11.6 Å². The first-order valence-corrected chi connectivity index (χ1v) is 8.63. The predicted octanol–water partition coefficient (Wildman–Crippen LogP) is 2.23. The van der Waals surface area contributed by atoms with Crippen LogP contribution in [0.4, 0.5) is 11.8 Å². The third-order valence-corrected chi connectivity index (χ3v) is 4.56. The van der Waals surface area contributed by atoms with E-state index in [4.69, 9.17) is 0 Å². The van der Waals surface area contributed by atoms with Crippen LogP contribution in [0.25, 0.3) is 11.0 Å². The molecule has 25 heavy (non-hydrogen) atoms. The highest BCUT2D eigenvalue weighted by Gasteiger charge is 2.26. The fraction of sp³-hybridized carbons (Fsp3) is 0.389. The van der Waals surface area contributed by atoms with Gasteiger partial charge in [0, 0.05) is 18.3 Å². The Balaban J connectivity index is 1.52. The number of imidazole rings is 1. The largest absolute Gasteiger partial charge is 0.394 e. The van der Waals surface area contributed by atoms with Gasteiger partial charge in [-0.1, -0.05) is 12.1 Å². The van der Waals surface area contributed by atoms with Crippen LogP contribution in [0.1, 0.15) is 24.4 Å². The summed E-state index contributed by atoms with van der Waals surface area (Å²) in [4.78, 5) is 19.2. The molecular weight excluding hydrogens is 316 g/mol. The molecule has 1 atom stereocenters. The molecule has 3 aromatic rings. The topological polar surface area (TPSA) is 90.0 Å². The number of aliphatic hydroxyl groups is 1. The van der Waals surface area contributed by atoms with Crippen LogP contribution in [0.5, 0.6) is 0 Å². The molecule has 1 aliphatic heterocycles. The fourth-order valence-electron chi connectivity index (χ4n) is 3.32. The molecular formula is C18H22N6O. The normalized spacial score (nSPS) is 17.4. The summed E-state index contributed by atoms with van der Waals surface area (Å²) < 4.78 is 0. The highest BCUT2D eigenvalue weighted by molar-refractivity contribution is 5.74. The predicted molar refractivity (Wildman–Crippen MR) is 97.6 cm³/mol. The molecule has 3 N–H and O–H groups in total. The van der Waals surface area contributed by atoms with Crippen LogP contribution in [0.2, 0.25) is 0 Å². The number of aryl methyl sites for hydroxylation is 1. The Bertz CT molecular complexity index is 844. The maximum absolute atomic E-state index is 9.53. The lowest BCUT2D eigenvalue weighted by Gasteiger charge is -2.23. The minimum Gasteiger partial charge on any atom is -0.394 e. The molecule has 1 fully saturated rings. The first-order chi connectivity index (χ1) is 12.2. The molecule has 0 bridgehead atoms. The van der Waals surface area contributed by atoms with Crippen LogP contribution < -0.4 is 10.2 Å². The van der Waals surface area contributed by atoms with Crippen molar-refractivity contribution in [2.75, 3.05) is 23.4 Å². The van der Waals surface area contributed by atoms with Crippen molar-refractivity contribution in [2.45, 2.75) is 32.4 Å². The molecule has 0 aliphatic carbocycles. The summed E-state index contributed by atoms with van der Waals surface area (Å²) in [6.07, 6.45) is 2.04. The molecule has 0 amide bonds. The lowest BCUT2D eigenvalue weighted by atomic mass is 10.2. The minimum atomic E-state index is 0.116. The van der Waals surface area contributed by atoms with Crippen LogP contribution in [-0.2, 0) is 6.54 Å². The van der Waals surface area contributed by atoms with E-state index in [1.165, 1.54) is 0 Å². The quantitative estimate of drug-likeness (QED) is 0.661. The lowest BCUT2D eigenvalue weighted by molar-refractivity contribution is 0.265. The Morgan fingerprint density at radius 2 is 2.16 bits per heavy atom. The first-order valence-electron chi connectivity index (χ1n) is 8.63. The average Bonchev–Trinajstić information content (AvgIpc) is 3.25. The van der Waals surface area contributed by atoms with Crippen molar-refractivity contribution in [3.05, 3.63) is 41.9 Å². The number of H-pyrrole nitrogens is 1. The number of para-hydroxylation sites is 2. The number of anilines is 2. The molecule has 7 heteroatoms. The Morgan fingerprint density at radius 3 is 3.00 bits per heavy atom. The third kappa shape index (κ3) is 3.28. The van der Waals surface area contributed by atoms with Gasteiger partial charge in [-0.2, -0.15) is 4.98 Å². The van der Waals surface area contributed by atoms with Gasteiger partial charge in [-0.05, 0) is 31.9 Å². The van der Waals surface area contributed by atoms with Gasteiger partial charge in [0.15, 0.2) is 0 Å². The van der Waals surface area contributed by atoms with Crippen molar-refractivity contribution in [2.24, 2.45) is 0 Å². The number of fused-ring (bicyclic) bond motifs is 1. The van der Waals surface area contributed by atoms with Gasteiger partial charge in [-0.25, -0.2) is 9.97 Å². The second kappa shape index (κ2) is 6.68. The molecule has 2 aromatic heterocycles. The van der Waals surface area contributed by atoms with E-state index in [9.17, 15) is 5.11 Å². The van der Waals surface area contributed by atoms with Gasteiger partial charge in [0.25, 0.3) is 0 Å². The number of aliphatic hydroxyl groups excluding tert-OH is 1. The number of rotatable bonds is 5. The summed E-state index contributed by atoms with van der Waals surface area (Å²) in [6.45, 7) is 3.55. The highest BCUT2D eigenvalue weighted by Crippen LogP contribution is 2.24. The van der Waals surface area contributed by atoms with Gasteiger partial charge in [0.05, 0.1) is 30.2 Å². The Hall–Kier alpha value is -2.67. The standard InChI is InChI=1S/C18H22N6O/c1-12-9-16(23-18(20-12)24-8-4-5-13(24)11-25)19-10-17-21-14-6-2-3-7-15(14)22-17/h2-3,6-7,9,13,25H,4-5,8,10-11H2,1H3,(H,21,22)(H,19,20,23). The van der Waals surface area contributed by atoms with Crippen LogP contribution >= 0.6 is 0 Å². The van der Waals surface area contributed by atoms with Crippen LogP contribution in [-0.4, -0.2) is 44.2 Å². The van der Waals surface area contributed by atoms with E-state index in [-0.39, 0.29) is 12.6 Å². The van der Waals surface area contributed by atoms with Crippen molar-refractivity contribution in [1.29, 1.82) is 0 Å². The Labute approximate surface area is 146 Å². The molecule has 1 saturated heterocycles. The summed E-state index contributed by atoms with van der Waals surface area (Å²) in [5, 5.41) is 12.9. The zero-order valence-corrected chi connectivity index (χ0v) is 14.2. The van der Waals surface area contributed by atoms with Gasteiger partial charge in [0.2, 0.25) is 5.95 Å². The molecule has 1 unspecified atom stereocenters. The first kappa shape index (κ1) is 15.8. The third-order valence-electron chi connectivity index (χ3n) is 4.56. The highest BCUT2D eigenvalue weighted by atomic mass is 16.3. The average molecular weight is 338 g/mol. The fourth-order valence-corrected chi connectivity index (χ4v) is 3.32. The minimum absolute atomic E-state index is 0.116. The Kier molecular flexibility index (Phi) is 4.23. The van der Waals surface area contributed by atoms with Gasteiger partial charge in [-0.15, -0.1) is 0 Å². The number of hydrogen-bond acceptors (Lipinski definition) is 6. The van der Waals surface area contributed by atoms with E-state index in [1.54, 1.807) is 0 Å². The number of benzene rings is 1. The number of nitrogens with one attached hydrogen (secondary N) is 2. The van der Waals surface area contributed by atoms with E-state index in [2.05, 4.69) is 30.2 Å². The van der Waals surface area contributed by atoms with Crippen molar-refractivity contribution in [1.82, 2.24) is 19.9 Å². The molecule has 7 nitrogen and oxygen atoms in total. The maximum Gasteiger partial charge on any atom is 0.227 e. The van der Waals surface area contributed by atoms with Crippen LogP contribution in [0.15, 0.2) is 30.3 Å². The molecule has 4 rings (SSSR count). The monoisotopic (exact) mass is 338 g/mol. The van der Waals surface area contributed by atoms with Crippen LogP contribution in [0, 0.1) is 6.92 Å². The summed E-state index contributed by atoms with van der Waals surface area (Å²) >= 11 is 0. The van der Waals surface area contributed by atoms with E-state index in [0.717, 1.165) is 47.8 Å². The number of aromatic nitrogens is 4. The second-order valence-corrected chi connectivity index (χ2v) is 6.42.